The lowest BCUT2D eigenvalue weighted by Crippen LogP contribution is -2.20. The van der Waals surface area contributed by atoms with Crippen molar-refractivity contribution in [3.63, 3.8) is 0 Å². The average molecular weight is 222 g/mol. The Hall–Kier alpha value is -0.870. The first-order valence-electron chi connectivity index (χ1n) is 6.18. The number of aliphatic hydroxyl groups excluding tert-OH is 1. The van der Waals surface area contributed by atoms with Gasteiger partial charge in [-0.05, 0) is 25.7 Å². The van der Waals surface area contributed by atoms with Gasteiger partial charge in [-0.15, -0.1) is 0 Å². The van der Waals surface area contributed by atoms with Gasteiger partial charge in [0.15, 0.2) is 0 Å². The van der Waals surface area contributed by atoms with E-state index in [9.17, 15) is 5.11 Å². The van der Waals surface area contributed by atoms with Crippen LogP contribution in [0, 0.1) is 0 Å². The SMILES string of the molecule is OCC1CCCc2nc(C3CCCO3)cn21. The molecule has 4 nitrogen and oxygen atoms in total. The number of aliphatic hydroxyl groups is 1. The molecule has 88 valence electrons. The van der Waals surface area contributed by atoms with Crippen LogP contribution in [0.1, 0.15) is 49.3 Å². The molecule has 2 atom stereocenters. The second-order valence-electron chi connectivity index (χ2n) is 4.72. The Kier molecular flexibility index (Phi) is 2.69. The van der Waals surface area contributed by atoms with E-state index >= 15 is 0 Å². The molecule has 0 radical (unpaired) electrons. The Morgan fingerprint density at radius 2 is 2.38 bits per heavy atom. The van der Waals surface area contributed by atoms with E-state index in [4.69, 9.17) is 4.74 Å². The highest BCUT2D eigenvalue weighted by Gasteiger charge is 2.25. The molecule has 1 N–H and O–H groups in total. The predicted molar refractivity (Wildman–Crippen MR) is 59.2 cm³/mol. The zero-order valence-corrected chi connectivity index (χ0v) is 9.43. The summed E-state index contributed by atoms with van der Waals surface area (Å²) in [6, 6.07) is 0.228. The van der Waals surface area contributed by atoms with Crippen molar-refractivity contribution in [2.75, 3.05) is 13.2 Å². The van der Waals surface area contributed by atoms with E-state index in [1.165, 1.54) is 0 Å². The van der Waals surface area contributed by atoms with Gasteiger partial charge in [0.05, 0.1) is 18.3 Å². The molecule has 0 spiro atoms. The number of hydrogen-bond acceptors (Lipinski definition) is 3. The molecule has 1 fully saturated rings. The molecule has 16 heavy (non-hydrogen) atoms. The quantitative estimate of drug-likeness (QED) is 0.827. The fourth-order valence-corrected chi connectivity index (χ4v) is 2.73. The van der Waals surface area contributed by atoms with E-state index in [1.807, 2.05) is 0 Å². The number of imidazole rings is 1. The molecular weight excluding hydrogens is 204 g/mol. The van der Waals surface area contributed by atoms with Gasteiger partial charge in [-0.3, -0.25) is 0 Å². The van der Waals surface area contributed by atoms with Crippen LogP contribution in [0.3, 0.4) is 0 Å². The lowest BCUT2D eigenvalue weighted by Gasteiger charge is -2.22. The molecule has 2 aliphatic rings. The molecule has 3 rings (SSSR count). The van der Waals surface area contributed by atoms with Crippen molar-refractivity contribution in [2.24, 2.45) is 0 Å². The van der Waals surface area contributed by atoms with Gasteiger partial charge in [0, 0.05) is 19.2 Å². The van der Waals surface area contributed by atoms with Gasteiger partial charge in [0.25, 0.3) is 0 Å². The van der Waals surface area contributed by atoms with E-state index in [1.54, 1.807) is 0 Å². The second-order valence-corrected chi connectivity index (χ2v) is 4.72. The van der Waals surface area contributed by atoms with Crippen molar-refractivity contribution in [3.05, 3.63) is 17.7 Å². The first-order valence-corrected chi connectivity index (χ1v) is 6.18. The number of aromatic nitrogens is 2. The zero-order chi connectivity index (χ0) is 11.0. The van der Waals surface area contributed by atoms with Crippen LogP contribution >= 0.6 is 0 Å². The van der Waals surface area contributed by atoms with Crippen molar-refractivity contribution in [3.8, 4) is 0 Å². The Labute approximate surface area is 95.3 Å². The fraction of sp³-hybridized carbons (Fsp3) is 0.750. The third-order valence-electron chi connectivity index (χ3n) is 3.63. The first-order chi connectivity index (χ1) is 7.88. The van der Waals surface area contributed by atoms with Crippen LogP contribution in [-0.2, 0) is 11.2 Å². The summed E-state index contributed by atoms with van der Waals surface area (Å²) in [5.41, 5.74) is 1.06. The van der Waals surface area contributed by atoms with Crippen LogP contribution in [0.25, 0.3) is 0 Å². The van der Waals surface area contributed by atoms with E-state index in [0.717, 1.165) is 50.2 Å². The Bertz CT molecular complexity index is 369. The van der Waals surface area contributed by atoms with Crippen molar-refractivity contribution < 1.29 is 9.84 Å². The van der Waals surface area contributed by atoms with Gasteiger partial charge in [-0.25, -0.2) is 4.98 Å². The van der Waals surface area contributed by atoms with E-state index in [2.05, 4.69) is 15.7 Å². The molecule has 0 bridgehead atoms. The maximum Gasteiger partial charge on any atom is 0.109 e. The third-order valence-corrected chi connectivity index (χ3v) is 3.63. The summed E-state index contributed by atoms with van der Waals surface area (Å²) in [4.78, 5) is 4.66. The Morgan fingerprint density at radius 3 is 3.12 bits per heavy atom. The molecule has 1 aromatic heterocycles. The Balaban J connectivity index is 1.89. The largest absolute Gasteiger partial charge is 0.394 e. The number of ether oxygens (including phenoxy) is 1. The van der Waals surface area contributed by atoms with Gasteiger partial charge >= 0.3 is 0 Å². The fourth-order valence-electron chi connectivity index (χ4n) is 2.73. The summed E-state index contributed by atoms with van der Waals surface area (Å²) in [6.07, 6.45) is 7.72. The van der Waals surface area contributed by atoms with E-state index in [0.29, 0.717) is 0 Å². The minimum Gasteiger partial charge on any atom is -0.394 e. The predicted octanol–water partition coefficient (Wildman–Crippen LogP) is 1.60. The van der Waals surface area contributed by atoms with Crippen LogP contribution in [0.4, 0.5) is 0 Å². The molecule has 2 unspecified atom stereocenters. The normalized spacial score (nSPS) is 29.3. The van der Waals surface area contributed by atoms with Crippen LogP contribution < -0.4 is 0 Å². The number of rotatable bonds is 2. The highest BCUT2D eigenvalue weighted by atomic mass is 16.5. The maximum atomic E-state index is 9.33. The van der Waals surface area contributed by atoms with Crippen molar-refractivity contribution in [2.45, 2.75) is 44.2 Å². The molecule has 0 saturated carbocycles. The van der Waals surface area contributed by atoms with Gasteiger partial charge in [-0.2, -0.15) is 0 Å². The highest BCUT2D eigenvalue weighted by Crippen LogP contribution is 2.31. The number of fused-ring (bicyclic) bond motifs is 1. The topological polar surface area (TPSA) is 47.3 Å². The summed E-state index contributed by atoms with van der Waals surface area (Å²) in [6.45, 7) is 1.07. The highest BCUT2D eigenvalue weighted by molar-refractivity contribution is 5.11. The molecule has 2 aliphatic heterocycles. The summed E-state index contributed by atoms with van der Waals surface area (Å²) >= 11 is 0. The second kappa shape index (κ2) is 4.18. The summed E-state index contributed by atoms with van der Waals surface area (Å²) in [5, 5.41) is 9.33. The minimum absolute atomic E-state index is 0.192. The number of hydrogen-bond donors (Lipinski definition) is 1. The van der Waals surface area contributed by atoms with Gasteiger partial charge in [0.2, 0.25) is 0 Å². The molecular formula is C12H18N2O2. The minimum atomic E-state index is 0.192. The average Bonchev–Trinajstić information content (AvgIpc) is 2.96. The zero-order valence-electron chi connectivity index (χ0n) is 9.43. The summed E-state index contributed by atoms with van der Waals surface area (Å²) in [5.74, 6) is 1.12. The van der Waals surface area contributed by atoms with Crippen LogP contribution in [0.2, 0.25) is 0 Å². The lowest BCUT2D eigenvalue weighted by molar-refractivity contribution is 0.109. The van der Waals surface area contributed by atoms with E-state index in [-0.39, 0.29) is 18.8 Å². The maximum absolute atomic E-state index is 9.33. The van der Waals surface area contributed by atoms with Gasteiger partial charge in [-0.1, -0.05) is 0 Å². The molecule has 1 saturated heterocycles. The first kappa shape index (κ1) is 10.3. The van der Waals surface area contributed by atoms with E-state index < -0.39 is 0 Å². The summed E-state index contributed by atoms with van der Waals surface area (Å²) in [7, 11) is 0. The van der Waals surface area contributed by atoms with Crippen molar-refractivity contribution in [1.29, 1.82) is 0 Å². The molecule has 4 heteroatoms. The molecule has 0 amide bonds. The van der Waals surface area contributed by atoms with Gasteiger partial charge < -0.3 is 14.4 Å². The molecule has 0 aliphatic carbocycles. The molecule has 0 aromatic carbocycles. The smallest absolute Gasteiger partial charge is 0.109 e. The summed E-state index contributed by atoms with van der Waals surface area (Å²) < 4.78 is 7.80. The van der Waals surface area contributed by atoms with Crippen LogP contribution in [0.5, 0.6) is 0 Å². The van der Waals surface area contributed by atoms with Crippen molar-refractivity contribution in [1.82, 2.24) is 9.55 Å². The number of aryl methyl sites for hydroxylation is 1. The van der Waals surface area contributed by atoms with Crippen LogP contribution in [0.15, 0.2) is 6.20 Å². The molecule has 1 aromatic rings. The Morgan fingerprint density at radius 1 is 1.44 bits per heavy atom. The standard InChI is InChI=1S/C12H18N2O2/c15-8-9-3-1-5-12-13-10(7-14(9)12)11-4-2-6-16-11/h7,9,11,15H,1-6,8H2. The third kappa shape index (κ3) is 1.66. The monoisotopic (exact) mass is 222 g/mol. The number of nitrogens with zero attached hydrogens (tertiary/aromatic N) is 2. The van der Waals surface area contributed by atoms with Crippen molar-refractivity contribution >= 4 is 0 Å². The lowest BCUT2D eigenvalue weighted by atomic mass is 10.1. The molecule has 3 heterocycles. The van der Waals surface area contributed by atoms with Crippen LogP contribution in [-0.4, -0.2) is 27.9 Å². The van der Waals surface area contributed by atoms with Gasteiger partial charge in [0.1, 0.15) is 11.9 Å².